The highest BCUT2D eigenvalue weighted by atomic mass is 15.2. The highest BCUT2D eigenvalue weighted by molar-refractivity contribution is 6.93. The minimum Gasteiger partial charge on any atom is -0.376 e. The predicted molar refractivity (Wildman–Crippen MR) is 299 cm³/mol. The summed E-state index contributed by atoms with van der Waals surface area (Å²) in [5.41, 5.74) is 26.9. The van der Waals surface area contributed by atoms with Gasteiger partial charge >= 0.3 is 6.85 Å². The zero-order valence-corrected chi connectivity index (χ0v) is 42.1. The van der Waals surface area contributed by atoms with Crippen molar-refractivity contribution in [1.82, 2.24) is 0 Å². The van der Waals surface area contributed by atoms with Crippen LogP contribution in [0.3, 0.4) is 0 Å². The molecule has 0 amide bonds. The second-order valence-corrected chi connectivity index (χ2v) is 22.6. The number of para-hydroxylation sites is 3. The molecule has 0 saturated heterocycles. The molecule has 13 rings (SSSR count). The van der Waals surface area contributed by atoms with Crippen LogP contribution in [-0.2, 0) is 16.2 Å². The van der Waals surface area contributed by atoms with Crippen LogP contribution in [0.1, 0.15) is 93.3 Å². The lowest BCUT2D eigenvalue weighted by Gasteiger charge is -2.51. The maximum atomic E-state index is 2.73. The Bertz CT molecular complexity index is 3580. The Balaban J connectivity index is 1.17. The molecule has 0 atom stereocenters. The Morgan fingerprint density at radius 2 is 1.16 bits per heavy atom. The zero-order valence-electron chi connectivity index (χ0n) is 42.1. The van der Waals surface area contributed by atoms with Gasteiger partial charge in [-0.3, -0.25) is 0 Å². The quantitative estimate of drug-likeness (QED) is 0.159. The SMILES string of the molecule is Cc1cc(C)c(-c2cc3c4c(c2)N2c5ccc6ccccc6c5C(C)(C)c5cccc(c52)B4N(c2ccc4c(c2)C(C)(C)CCC4(C)C)c2ccc(N(c4ccccc4)c4ccccc4)cc2-3)c(C)c1. The van der Waals surface area contributed by atoms with Crippen molar-refractivity contribution in [1.29, 1.82) is 0 Å². The minimum atomic E-state index is -0.272. The standard InChI is InChI=1S/C66H60BN3/c1-41-35-42(2)60(43(3)36-41)45-37-52-51-39-48(68(46-20-12-10-13-21-46)47-22-14-11-15-23-47)29-32-57(51)70(49-28-30-53-55(40-49)65(6,7)34-33-64(53,4)5)67-56-26-18-25-54-63(56)69(59(38-45)62(52)67)58-31-27-44-19-16-17-24-50(44)61(58)66(54,8)9/h10-32,35-40H,33-34H2,1-9H3. The van der Waals surface area contributed by atoms with Crippen LogP contribution >= 0.6 is 0 Å². The molecule has 0 aromatic heterocycles. The lowest BCUT2D eigenvalue weighted by atomic mass is 9.42. The number of hydrogen-bond acceptors (Lipinski definition) is 3. The molecule has 9 aromatic carbocycles. The van der Waals surface area contributed by atoms with Gasteiger partial charge in [0.25, 0.3) is 0 Å². The molecule has 0 radical (unpaired) electrons. The van der Waals surface area contributed by atoms with Crippen molar-refractivity contribution in [3.63, 3.8) is 0 Å². The molecule has 0 N–H and O–H groups in total. The zero-order chi connectivity index (χ0) is 48.0. The molecule has 0 fully saturated rings. The Kier molecular flexibility index (Phi) is 9.23. The van der Waals surface area contributed by atoms with Gasteiger partial charge in [-0.15, -0.1) is 0 Å². The van der Waals surface area contributed by atoms with E-state index < -0.39 is 0 Å². The largest absolute Gasteiger partial charge is 0.376 e. The Morgan fingerprint density at radius 3 is 1.87 bits per heavy atom. The smallest absolute Gasteiger partial charge is 0.333 e. The van der Waals surface area contributed by atoms with Gasteiger partial charge in [-0.1, -0.05) is 150 Å². The molecule has 4 aliphatic rings. The van der Waals surface area contributed by atoms with Crippen molar-refractivity contribution < 1.29 is 0 Å². The van der Waals surface area contributed by atoms with E-state index in [1.165, 1.54) is 118 Å². The molecule has 0 spiro atoms. The minimum absolute atomic E-state index is 0.0444. The molecule has 3 heterocycles. The highest BCUT2D eigenvalue weighted by Crippen LogP contribution is 2.58. The van der Waals surface area contributed by atoms with E-state index in [0.29, 0.717) is 0 Å². The first-order valence-corrected chi connectivity index (χ1v) is 25.4. The van der Waals surface area contributed by atoms with Gasteiger partial charge in [0, 0.05) is 50.8 Å². The first-order chi connectivity index (χ1) is 33.7. The third-order valence-corrected chi connectivity index (χ3v) is 16.9. The Morgan fingerprint density at radius 1 is 0.500 bits per heavy atom. The summed E-state index contributed by atoms with van der Waals surface area (Å²) in [5, 5.41) is 2.59. The monoisotopic (exact) mass is 905 g/mol. The Hall–Kier alpha value is -7.30. The molecule has 1 aliphatic carbocycles. The van der Waals surface area contributed by atoms with E-state index >= 15 is 0 Å². The van der Waals surface area contributed by atoms with Crippen LogP contribution in [0.2, 0.25) is 0 Å². The number of hydrogen-bond donors (Lipinski definition) is 0. The molecule has 3 aliphatic heterocycles. The van der Waals surface area contributed by atoms with Gasteiger partial charge in [0.05, 0.1) is 5.69 Å². The van der Waals surface area contributed by atoms with Crippen LogP contribution in [-0.4, -0.2) is 6.85 Å². The summed E-state index contributed by atoms with van der Waals surface area (Å²) < 4.78 is 0. The molecular formula is C66H60BN3. The number of rotatable bonds is 5. The van der Waals surface area contributed by atoms with Gasteiger partial charge < -0.3 is 14.6 Å². The first kappa shape index (κ1) is 42.8. The molecule has 0 saturated carbocycles. The van der Waals surface area contributed by atoms with Crippen LogP contribution in [0.4, 0.5) is 45.5 Å². The number of benzene rings is 9. The summed E-state index contributed by atoms with van der Waals surface area (Å²) in [6, 6.07) is 67.3. The van der Waals surface area contributed by atoms with E-state index in [1.807, 2.05) is 0 Å². The fourth-order valence-electron chi connectivity index (χ4n) is 13.5. The molecule has 4 heteroatoms. The number of aryl methyl sites for hydroxylation is 3. The van der Waals surface area contributed by atoms with E-state index in [9.17, 15) is 0 Å². The van der Waals surface area contributed by atoms with Crippen molar-refractivity contribution in [2.24, 2.45) is 0 Å². The van der Waals surface area contributed by atoms with Gasteiger partial charge in [0.15, 0.2) is 0 Å². The average Bonchev–Trinajstić information content (AvgIpc) is 3.35. The maximum Gasteiger partial charge on any atom is 0.333 e. The van der Waals surface area contributed by atoms with Crippen LogP contribution in [0.15, 0.2) is 176 Å². The lowest BCUT2D eigenvalue weighted by Crippen LogP contribution is -2.62. The van der Waals surface area contributed by atoms with Crippen LogP contribution in [0.5, 0.6) is 0 Å². The molecule has 70 heavy (non-hydrogen) atoms. The van der Waals surface area contributed by atoms with Gasteiger partial charge in [0.1, 0.15) is 0 Å². The average molecular weight is 906 g/mol. The van der Waals surface area contributed by atoms with Crippen LogP contribution < -0.4 is 25.5 Å². The second-order valence-electron chi connectivity index (χ2n) is 22.6. The van der Waals surface area contributed by atoms with E-state index in [4.69, 9.17) is 0 Å². The number of anilines is 8. The number of nitrogens with zero attached hydrogens (tertiary/aromatic N) is 3. The summed E-state index contributed by atoms with van der Waals surface area (Å²) in [6.07, 6.45) is 2.34. The fraction of sp³-hybridized carbons (Fsp3) is 0.212. The van der Waals surface area contributed by atoms with E-state index in [-0.39, 0.29) is 23.1 Å². The molecule has 0 unspecified atom stereocenters. The number of fused-ring (bicyclic) bond motifs is 9. The first-order valence-electron chi connectivity index (χ1n) is 25.4. The van der Waals surface area contributed by atoms with Gasteiger partial charge in [-0.05, 0) is 189 Å². The van der Waals surface area contributed by atoms with Gasteiger partial charge in [-0.2, -0.15) is 0 Å². The van der Waals surface area contributed by atoms with Gasteiger partial charge in [0.2, 0.25) is 0 Å². The van der Waals surface area contributed by atoms with Gasteiger partial charge in [-0.25, -0.2) is 0 Å². The Labute approximate surface area is 415 Å². The topological polar surface area (TPSA) is 9.72 Å². The van der Waals surface area contributed by atoms with E-state index in [0.717, 1.165) is 23.5 Å². The summed E-state index contributed by atoms with van der Waals surface area (Å²) in [5.74, 6) is 0. The van der Waals surface area contributed by atoms with Crippen molar-refractivity contribution in [2.75, 3.05) is 14.6 Å². The maximum absolute atomic E-state index is 2.73. The normalized spacial score (nSPS) is 16.2. The van der Waals surface area contributed by atoms with Crippen LogP contribution in [0, 0.1) is 20.8 Å². The summed E-state index contributed by atoms with van der Waals surface area (Å²) in [7, 11) is 0. The summed E-state index contributed by atoms with van der Waals surface area (Å²) in [6.45, 7) is 21.4. The van der Waals surface area contributed by atoms with Crippen molar-refractivity contribution in [3.05, 3.63) is 215 Å². The fourth-order valence-corrected chi connectivity index (χ4v) is 13.5. The van der Waals surface area contributed by atoms with E-state index in [1.54, 1.807) is 0 Å². The van der Waals surface area contributed by atoms with Crippen molar-refractivity contribution in [3.8, 4) is 22.3 Å². The predicted octanol–water partition coefficient (Wildman–Crippen LogP) is 16.6. The van der Waals surface area contributed by atoms with Crippen molar-refractivity contribution >= 4 is 74.0 Å². The molecule has 3 nitrogen and oxygen atoms in total. The molecule has 0 bridgehead atoms. The van der Waals surface area contributed by atoms with Crippen LogP contribution in [0.25, 0.3) is 33.0 Å². The third-order valence-electron chi connectivity index (χ3n) is 16.9. The highest BCUT2D eigenvalue weighted by Gasteiger charge is 2.50. The second kappa shape index (κ2) is 15.1. The summed E-state index contributed by atoms with van der Waals surface area (Å²) in [4.78, 5) is 7.83. The molecular weight excluding hydrogens is 846 g/mol. The third kappa shape index (κ3) is 6.14. The lowest BCUT2D eigenvalue weighted by molar-refractivity contribution is 0.332. The van der Waals surface area contributed by atoms with Crippen molar-refractivity contribution in [2.45, 2.75) is 91.4 Å². The van der Waals surface area contributed by atoms with E-state index in [2.05, 4.69) is 253 Å². The summed E-state index contributed by atoms with van der Waals surface area (Å²) >= 11 is 0. The molecule has 342 valence electrons. The molecule has 9 aromatic rings.